The lowest BCUT2D eigenvalue weighted by atomic mass is 9.82. The van der Waals surface area contributed by atoms with Gasteiger partial charge in [0.25, 0.3) is 0 Å². The molecule has 2 aromatic carbocycles. The number of aliphatic imine (C=N–C) groups is 1. The van der Waals surface area contributed by atoms with Crippen LogP contribution in [0.5, 0.6) is 17.2 Å². The molecule has 0 spiro atoms. The van der Waals surface area contributed by atoms with Crippen molar-refractivity contribution in [2.24, 2.45) is 16.5 Å². The van der Waals surface area contributed by atoms with Gasteiger partial charge in [0.15, 0.2) is 17.5 Å². The van der Waals surface area contributed by atoms with Gasteiger partial charge in [-0.1, -0.05) is 0 Å². The summed E-state index contributed by atoms with van der Waals surface area (Å²) in [6, 6.07) is 5.30. The zero-order chi connectivity index (χ0) is 28.6. The summed E-state index contributed by atoms with van der Waals surface area (Å²) in [7, 11) is 0. The van der Waals surface area contributed by atoms with Crippen molar-refractivity contribution in [2.45, 2.75) is 51.5 Å². The van der Waals surface area contributed by atoms with Crippen LogP contribution in [0.25, 0.3) is 0 Å². The fourth-order valence-corrected chi connectivity index (χ4v) is 4.46. The summed E-state index contributed by atoms with van der Waals surface area (Å²) >= 11 is 0. The Kier molecular flexibility index (Phi) is 7.88. The van der Waals surface area contributed by atoms with Crippen molar-refractivity contribution >= 4 is 23.5 Å². The zero-order valence-electron chi connectivity index (χ0n) is 21.4. The number of nitrogens with zero attached hydrogens (tertiary/aromatic N) is 1. The lowest BCUT2D eigenvalue weighted by molar-refractivity contribution is -0.278. The van der Waals surface area contributed by atoms with Crippen LogP contribution in [0, 0.1) is 6.92 Å². The predicted octanol–water partition coefficient (Wildman–Crippen LogP) is -0.0947. The highest BCUT2D eigenvalue weighted by atomic mass is 16.7. The second kappa shape index (κ2) is 11.0. The van der Waals surface area contributed by atoms with Crippen LogP contribution in [0.15, 0.2) is 29.3 Å². The van der Waals surface area contributed by atoms with Crippen molar-refractivity contribution in [1.82, 2.24) is 0 Å². The molecule has 208 valence electrons. The number of carbonyl (C=O) groups excluding carboxylic acids is 3. The van der Waals surface area contributed by atoms with Crippen molar-refractivity contribution in [3.8, 4) is 17.2 Å². The third-order valence-corrected chi connectivity index (χ3v) is 6.44. The molecule has 2 aromatic rings. The van der Waals surface area contributed by atoms with E-state index in [-0.39, 0.29) is 58.4 Å². The van der Waals surface area contributed by atoms with E-state index < -0.39 is 54.0 Å². The lowest BCUT2D eigenvalue weighted by Crippen LogP contribution is -2.59. The molecule has 1 saturated heterocycles. The number of phenols is 1. The van der Waals surface area contributed by atoms with Gasteiger partial charge < -0.3 is 45.7 Å². The number of ketones is 2. The van der Waals surface area contributed by atoms with Crippen LogP contribution in [0.3, 0.4) is 0 Å². The summed E-state index contributed by atoms with van der Waals surface area (Å²) in [6.07, 6.45) is -6.06. The van der Waals surface area contributed by atoms with E-state index in [1.807, 2.05) is 0 Å². The summed E-state index contributed by atoms with van der Waals surface area (Å²) in [5, 5.41) is 31.9. The summed E-state index contributed by atoms with van der Waals surface area (Å²) < 4.78 is 22.4. The number of nitrogens with two attached hydrogens (primary N) is 2. The van der Waals surface area contributed by atoms with Crippen molar-refractivity contribution in [2.75, 3.05) is 13.2 Å². The molecular weight excluding hydrogens is 514 g/mol. The van der Waals surface area contributed by atoms with Gasteiger partial charge in [0.05, 0.1) is 24.8 Å². The van der Waals surface area contributed by atoms with Crippen LogP contribution in [-0.2, 0) is 14.3 Å². The van der Waals surface area contributed by atoms with E-state index in [1.54, 1.807) is 0 Å². The number of aliphatic hydroxyl groups is 2. The minimum Gasteiger partial charge on any atom is -0.507 e. The number of carbonyl (C=O) groups is 3. The van der Waals surface area contributed by atoms with E-state index in [1.165, 1.54) is 45.0 Å². The quantitative estimate of drug-likeness (QED) is 0.0869. The van der Waals surface area contributed by atoms with E-state index in [4.69, 9.17) is 30.4 Å². The minimum atomic E-state index is -1.42. The Labute approximate surface area is 222 Å². The first kappa shape index (κ1) is 28.0. The van der Waals surface area contributed by atoms with Gasteiger partial charge in [-0.05, 0) is 38.1 Å². The van der Waals surface area contributed by atoms with Gasteiger partial charge in [0.2, 0.25) is 6.29 Å². The number of fused-ring (bicyclic) bond motifs is 2. The van der Waals surface area contributed by atoms with Crippen molar-refractivity contribution < 1.29 is 48.7 Å². The van der Waals surface area contributed by atoms with E-state index in [0.717, 1.165) is 0 Å². The van der Waals surface area contributed by atoms with Gasteiger partial charge in [-0.3, -0.25) is 19.4 Å². The Morgan fingerprint density at radius 3 is 2.46 bits per heavy atom. The smallest absolute Gasteiger partial charge is 0.308 e. The monoisotopic (exact) mass is 543 g/mol. The Bertz CT molecular complexity index is 1350. The first-order valence-corrected chi connectivity index (χ1v) is 12.0. The summed E-state index contributed by atoms with van der Waals surface area (Å²) in [5.41, 5.74) is 10.4. The SMILES string of the molecule is CC(=O)Oc1ccc2c(c1)C(=O)c1cc(O[C@H]3O[C@@H](C)[C@@H](O)[C@@H](O)[C@H]3OCCN=C(N)N)c(C)c(O)c1C2=O. The zero-order valence-corrected chi connectivity index (χ0v) is 21.4. The number of ether oxygens (including phenoxy) is 4. The molecule has 13 heteroatoms. The van der Waals surface area contributed by atoms with Gasteiger partial charge >= 0.3 is 5.97 Å². The van der Waals surface area contributed by atoms with Crippen molar-refractivity contribution in [3.05, 3.63) is 52.1 Å². The molecule has 0 saturated carbocycles. The molecular formula is C26H29N3O10. The molecule has 5 atom stereocenters. The number of guanidine groups is 1. The maximum Gasteiger partial charge on any atom is 0.308 e. The molecule has 0 amide bonds. The Hall–Kier alpha value is -4.04. The topological polar surface area (TPSA) is 213 Å². The molecule has 2 aliphatic rings. The highest BCUT2D eigenvalue weighted by Crippen LogP contribution is 2.41. The van der Waals surface area contributed by atoms with Gasteiger partial charge in [0.1, 0.15) is 35.6 Å². The van der Waals surface area contributed by atoms with Gasteiger partial charge in [-0.25, -0.2) is 0 Å². The molecule has 4 rings (SSSR count). The number of aliphatic hydroxyl groups excluding tert-OH is 2. The summed E-state index contributed by atoms with van der Waals surface area (Å²) in [4.78, 5) is 41.8. The molecule has 0 bridgehead atoms. The molecule has 0 unspecified atom stereocenters. The number of rotatable bonds is 7. The molecule has 1 heterocycles. The molecule has 13 nitrogen and oxygen atoms in total. The standard InChI is InChI=1S/C26H29N3O10/c1-10-17(39-25-24(36-7-6-29-26(27)28)23(35)20(32)11(2)37-25)9-16-18(19(10)31)22(34)14-5-4-13(38-12(3)30)8-15(14)21(16)33/h4-5,8-9,11,20,23-25,31-32,35H,6-7H2,1-3H3,(H4,27,28,29)/t11-,20+,23+,24+,25+/m0/s1. The molecule has 1 fully saturated rings. The fourth-order valence-electron chi connectivity index (χ4n) is 4.46. The average Bonchev–Trinajstić information content (AvgIpc) is 2.87. The van der Waals surface area contributed by atoms with Gasteiger partial charge in [0, 0.05) is 29.2 Å². The number of phenolic OH excluding ortho intramolecular Hbond substituents is 1. The van der Waals surface area contributed by atoms with Crippen LogP contribution < -0.4 is 20.9 Å². The normalized spacial score (nSPS) is 24.0. The second-order valence-corrected chi connectivity index (χ2v) is 9.18. The third kappa shape index (κ3) is 5.43. The second-order valence-electron chi connectivity index (χ2n) is 9.18. The molecule has 0 aromatic heterocycles. The molecule has 0 radical (unpaired) electrons. The maximum absolute atomic E-state index is 13.4. The molecule has 7 N–H and O–H groups in total. The molecule has 1 aliphatic carbocycles. The van der Waals surface area contributed by atoms with Crippen molar-refractivity contribution in [3.63, 3.8) is 0 Å². The number of benzene rings is 2. The van der Waals surface area contributed by atoms with Gasteiger partial charge in [-0.15, -0.1) is 0 Å². The Morgan fingerprint density at radius 2 is 1.79 bits per heavy atom. The number of hydrogen-bond acceptors (Lipinski definition) is 11. The first-order valence-electron chi connectivity index (χ1n) is 12.0. The third-order valence-electron chi connectivity index (χ3n) is 6.44. The van der Waals surface area contributed by atoms with E-state index in [0.29, 0.717) is 0 Å². The average molecular weight is 544 g/mol. The number of aromatic hydroxyl groups is 1. The van der Waals surface area contributed by atoms with E-state index >= 15 is 0 Å². The molecule has 39 heavy (non-hydrogen) atoms. The van der Waals surface area contributed by atoms with Crippen LogP contribution in [0.2, 0.25) is 0 Å². The summed E-state index contributed by atoms with van der Waals surface area (Å²) in [5.74, 6) is -2.36. The summed E-state index contributed by atoms with van der Waals surface area (Å²) in [6.45, 7) is 4.22. The molecule has 1 aliphatic heterocycles. The predicted molar refractivity (Wildman–Crippen MR) is 135 cm³/mol. The number of hydrogen-bond donors (Lipinski definition) is 5. The largest absolute Gasteiger partial charge is 0.507 e. The lowest BCUT2D eigenvalue weighted by Gasteiger charge is -2.41. The van der Waals surface area contributed by atoms with Crippen LogP contribution >= 0.6 is 0 Å². The Morgan fingerprint density at radius 1 is 1.08 bits per heavy atom. The highest BCUT2D eigenvalue weighted by Gasteiger charge is 2.45. The number of esters is 1. The Balaban J connectivity index is 1.68. The highest BCUT2D eigenvalue weighted by molar-refractivity contribution is 6.29. The van der Waals surface area contributed by atoms with Crippen LogP contribution in [0.4, 0.5) is 0 Å². The van der Waals surface area contributed by atoms with E-state index in [9.17, 15) is 29.7 Å². The van der Waals surface area contributed by atoms with Crippen molar-refractivity contribution in [1.29, 1.82) is 0 Å². The van der Waals surface area contributed by atoms with Crippen LogP contribution in [0.1, 0.15) is 51.3 Å². The first-order chi connectivity index (χ1) is 18.4. The van der Waals surface area contributed by atoms with E-state index in [2.05, 4.69) is 4.99 Å². The minimum absolute atomic E-state index is 0.0116. The fraction of sp³-hybridized carbons (Fsp3) is 0.385. The maximum atomic E-state index is 13.4. The van der Waals surface area contributed by atoms with Crippen LogP contribution in [-0.4, -0.2) is 82.7 Å². The van der Waals surface area contributed by atoms with Gasteiger partial charge in [-0.2, -0.15) is 0 Å².